The highest BCUT2D eigenvalue weighted by molar-refractivity contribution is 5.14. The summed E-state index contributed by atoms with van der Waals surface area (Å²) in [6.07, 6.45) is 0. The minimum absolute atomic E-state index is 0.146. The highest BCUT2D eigenvalue weighted by atomic mass is 19.1. The third kappa shape index (κ3) is 3.86. The molecule has 0 amide bonds. The number of aliphatic hydroxyl groups is 1. The Morgan fingerprint density at radius 2 is 1.94 bits per heavy atom. The number of nitrogens with two attached hydrogens (primary N) is 2. The fourth-order valence-corrected chi connectivity index (χ4v) is 1.12. The van der Waals surface area contributed by atoms with E-state index in [-0.39, 0.29) is 25.6 Å². The van der Waals surface area contributed by atoms with Gasteiger partial charge in [-0.2, -0.15) is 0 Å². The van der Waals surface area contributed by atoms with Gasteiger partial charge in [-0.15, -0.1) is 0 Å². The summed E-state index contributed by atoms with van der Waals surface area (Å²) >= 11 is 0. The van der Waals surface area contributed by atoms with Crippen LogP contribution in [0, 0.1) is 5.82 Å². The maximum absolute atomic E-state index is 12.6. The average molecular weight is 228 g/mol. The molecule has 0 spiro atoms. The molecule has 4 nitrogen and oxygen atoms in total. The summed E-state index contributed by atoms with van der Waals surface area (Å²) in [4.78, 5) is 0. The maximum atomic E-state index is 12.6. The first kappa shape index (κ1) is 13.1. The maximum Gasteiger partial charge on any atom is 0.123 e. The molecule has 16 heavy (non-hydrogen) atoms. The third-order valence-electron chi connectivity index (χ3n) is 2.29. The second kappa shape index (κ2) is 5.91. The van der Waals surface area contributed by atoms with Gasteiger partial charge in [0, 0.05) is 6.54 Å². The van der Waals surface area contributed by atoms with E-state index in [1.807, 2.05) is 0 Å². The van der Waals surface area contributed by atoms with Crippen LogP contribution in [0.25, 0.3) is 0 Å². The van der Waals surface area contributed by atoms with Crippen LogP contribution in [-0.4, -0.2) is 30.4 Å². The smallest absolute Gasteiger partial charge is 0.123 e. The molecule has 1 atom stereocenters. The van der Waals surface area contributed by atoms with Crippen LogP contribution in [-0.2, 0) is 11.3 Å². The SMILES string of the molecule is NCC(N)(CO)COCc1ccc(F)cc1. The van der Waals surface area contributed by atoms with Crippen LogP contribution >= 0.6 is 0 Å². The molecule has 0 bridgehead atoms. The summed E-state index contributed by atoms with van der Waals surface area (Å²) in [6, 6.07) is 6.00. The molecule has 1 aromatic carbocycles. The average Bonchev–Trinajstić information content (AvgIpc) is 2.31. The normalized spacial score (nSPS) is 14.8. The van der Waals surface area contributed by atoms with Crippen LogP contribution in [0.4, 0.5) is 4.39 Å². The van der Waals surface area contributed by atoms with Crippen LogP contribution in [0.15, 0.2) is 24.3 Å². The summed E-state index contributed by atoms with van der Waals surface area (Å²) in [5.41, 5.74) is 11.1. The Morgan fingerprint density at radius 1 is 1.31 bits per heavy atom. The first-order chi connectivity index (χ1) is 7.59. The van der Waals surface area contributed by atoms with Gasteiger partial charge in [0.2, 0.25) is 0 Å². The standard InChI is InChI=1S/C11H17FN2O2/c12-10-3-1-9(2-4-10)5-16-8-11(14,6-13)7-15/h1-4,15H,5-8,13-14H2. The Balaban J connectivity index is 2.38. The van der Waals surface area contributed by atoms with E-state index in [4.69, 9.17) is 21.3 Å². The first-order valence-corrected chi connectivity index (χ1v) is 5.02. The zero-order valence-corrected chi connectivity index (χ0v) is 9.03. The van der Waals surface area contributed by atoms with E-state index in [1.165, 1.54) is 12.1 Å². The molecule has 5 heteroatoms. The lowest BCUT2D eigenvalue weighted by molar-refractivity contribution is 0.0493. The zero-order chi connectivity index (χ0) is 12.0. The van der Waals surface area contributed by atoms with Gasteiger partial charge in [-0.3, -0.25) is 0 Å². The minimum atomic E-state index is -0.903. The van der Waals surface area contributed by atoms with E-state index in [0.717, 1.165) is 5.56 Å². The number of hydrogen-bond donors (Lipinski definition) is 3. The Morgan fingerprint density at radius 3 is 2.44 bits per heavy atom. The van der Waals surface area contributed by atoms with Crippen LogP contribution in [0.1, 0.15) is 5.56 Å². The van der Waals surface area contributed by atoms with Crippen molar-refractivity contribution in [2.45, 2.75) is 12.1 Å². The van der Waals surface area contributed by atoms with Crippen LogP contribution in [0.5, 0.6) is 0 Å². The Bertz CT molecular complexity index is 312. The molecular formula is C11H17FN2O2. The van der Waals surface area contributed by atoms with Crippen LogP contribution < -0.4 is 11.5 Å². The second-order valence-corrected chi connectivity index (χ2v) is 3.84. The fraction of sp³-hybridized carbons (Fsp3) is 0.455. The number of hydrogen-bond acceptors (Lipinski definition) is 4. The molecule has 1 rings (SSSR count). The summed E-state index contributed by atoms with van der Waals surface area (Å²) in [5, 5.41) is 8.98. The Hall–Kier alpha value is -1.01. The molecule has 0 aliphatic carbocycles. The zero-order valence-electron chi connectivity index (χ0n) is 9.03. The van der Waals surface area contributed by atoms with Crippen molar-refractivity contribution in [2.24, 2.45) is 11.5 Å². The predicted molar refractivity (Wildman–Crippen MR) is 59.1 cm³/mol. The van der Waals surface area contributed by atoms with E-state index < -0.39 is 5.54 Å². The summed E-state index contributed by atoms with van der Waals surface area (Å²) < 4.78 is 17.9. The van der Waals surface area contributed by atoms with E-state index in [0.29, 0.717) is 6.61 Å². The molecule has 1 aromatic rings. The quantitative estimate of drug-likeness (QED) is 0.639. The summed E-state index contributed by atoms with van der Waals surface area (Å²) in [7, 11) is 0. The predicted octanol–water partition coefficient (Wildman–Crippen LogP) is -0.00920. The molecule has 0 aliphatic heterocycles. The molecule has 5 N–H and O–H groups in total. The topological polar surface area (TPSA) is 81.5 Å². The summed E-state index contributed by atoms with van der Waals surface area (Å²) in [6.45, 7) is 0.399. The van der Waals surface area contributed by atoms with Gasteiger partial charge in [-0.25, -0.2) is 4.39 Å². The van der Waals surface area contributed by atoms with Crippen molar-refractivity contribution >= 4 is 0 Å². The van der Waals surface area contributed by atoms with Crippen molar-refractivity contribution in [1.82, 2.24) is 0 Å². The van der Waals surface area contributed by atoms with Crippen molar-refractivity contribution in [1.29, 1.82) is 0 Å². The molecule has 0 saturated carbocycles. The Kier molecular flexibility index (Phi) is 4.82. The number of halogens is 1. The highest BCUT2D eigenvalue weighted by Crippen LogP contribution is 2.06. The lowest BCUT2D eigenvalue weighted by Gasteiger charge is -2.24. The first-order valence-electron chi connectivity index (χ1n) is 5.02. The largest absolute Gasteiger partial charge is 0.394 e. The minimum Gasteiger partial charge on any atom is -0.394 e. The molecule has 0 fully saturated rings. The van der Waals surface area contributed by atoms with Crippen molar-refractivity contribution in [2.75, 3.05) is 19.8 Å². The molecular weight excluding hydrogens is 211 g/mol. The lowest BCUT2D eigenvalue weighted by atomic mass is 10.0. The number of aliphatic hydroxyl groups excluding tert-OH is 1. The molecule has 0 saturated heterocycles. The monoisotopic (exact) mass is 228 g/mol. The Labute approximate surface area is 94.0 Å². The van der Waals surface area contributed by atoms with Crippen molar-refractivity contribution in [3.63, 3.8) is 0 Å². The fourth-order valence-electron chi connectivity index (χ4n) is 1.12. The van der Waals surface area contributed by atoms with Gasteiger partial charge in [0.25, 0.3) is 0 Å². The molecule has 0 aliphatic rings. The molecule has 90 valence electrons. The van der Waals surface area contributed by atoms with Crippen molar-refractivity contribution in [3.8, 4) is 0 Å². The molecule has 0 heterocycles. The van der Waals surface area contributed by atoms with Gasteiger partial charge in [-0.05, 0) is 17.7 Å². The van der Waals surface area contributed by atoms with E-state index in [9.17, 15) is 4.39 Å². The van der Waals surface area contributed by atoms with E-state index in [1.54, 1.807) is 12.1 Å². The third-order valence-corrected chi connectivity index (χ3v) is 2.29. The highest BCUT2D eigenvalue weighted by Gasteiger charge is 2.22. The van der Waals surface area contributed by atoms with Gasteiger partial charge in [0.1, 0.15) is 5.82 Å². The summed E-state index contributed by atoms with van der Waals surface area (Å²) in [5.74, 6) is -0.283. The van der Waals surface area contributed by atoms with E-state index in [2.05, 4.69) is 0 Å². The van der Waals surface area contributed by atoms with Crippen molar-refractivity contribution in [3.05, 3.63) is 35.6 Å². The van der Waals surface area contributed by atoms with Gasteiger partial charge >= 0.3 is 0 Å². The number of benzene rings is 1. The molecule has 0 aromatic heterocycles. The number of rotatable bonds is 6. The van der Waals surface area contributed by atoms with Crippen LogP contribution in [0.2, 0.25) is 0 Å². The van der Waals surface area contributed by atoms with Gasteiger partial charge in [0.15, 0.2) is 0 Å². The van der Waals surface area contributed by atoms with E-state index >= 15 is 0 Å². The lowest BCUT2D eigenvalue weighted by Crippen LogP contribution is -2.54. The van der Waals surface area contributed by atoms with Crippen molar-refractivity contribution < 1.29 is 14.2 Å². The van der Waals surface area contributed by atoms with Crippen LogP contribution in [0.3, 0.4) is 0 Å². The van der Waals surface area contributed by atoms with Gasteiger partial charge in [0.05, 0.1) is 25.4 Å². The number of ether oxygens (including phenoxy) is 1. The van der Waals surface area contributed by atoms with Gasteiger partial charge < -0.3 is 21.3 Å². The van der Waals surface area contributed by atoms with Gasteiger partial charge in [-0.1, -0.05) is 12.1 Å². The second-order valence-electron chi connectivity index (χ2n) is 3.84. The molecule has 1 unspecified atom stereocenters. The molecule has 0 radical (unpaired) electrons.